The Balaban J connectivity index is 2.56. The van der Waals surface area contributed by atoms with Crippen LogP contribution in [0.4, 0.5) is 0 Å². The predicted octanol–water partition coefficient (Wildman–Crippen LogP) is 3.99. The van der Waals surface area contributed by atoms with E-state index in [1.807, 2.05) is 0 Å². The van der Waals surface area contributed by atoms with Crippen molar-refractivity contribution in [2.24, 2.45) is 4.99 Å². The summed E-state index contributed by atoms with van der Waals surface area (Å²) in [5, 5.41) is 5.97. The van der Waals surface area contributed by atoms with E-state index in [1.54, 1.807) is 0 Å². The first-order chi connectivity index (χ1) is 9.08. The molecule has 0 bridgehead atoms. The Labute approximate surface area is 115 Å². The molecule has 0 saturated carbocycles. The van der Waals surface area contributed by atoms with E-state index in [0.29, 0.717) is 6.04 Å². The van der Waals surface area contributed by atoms with Crippen molar-refractivity contribution in [2.45, 2.75) is 39.8 Å². The van der Waals surface area contributed by atoms with Crippen LogP contribution in [-0.4, -0.2) is 17.9 Å². The molecule has 0 heterocycles. The van der Waals surface area contributed by atoms with Gasteiger partial charge in [-0.05, 0) is 38.5 Å². The summed E-state index contributed by atoms with van der Waals surface area (Å²) in [6, 6.07) is 15.5. The molecule has 0 radical (unpaired) electrons. The number of benzene rings is 2. The maximum Gasteiger partial charge on any atom is 0.129 e. The molecule has 2 aromatic carbocycles. The van der Waals surface area contributed by atoms with E-state index in [1.165, 1.54) is 16.3 Å². The van der Waals surface area contributed by atoms with E-state index in [2.05, 4.69) is 75.5 Å². The van der Waals surface area contributed by atoms with Crippen molar-refractivity contribution >= 4 is 16.6 Å². The number of rotatable bonds is 3. The molecule has 0 fully saturated rings. The second kappa shape index (κ2) is 5.87. The third-order valence-electron chi connectivity index (χ3n) is 2.86. The fraction of sp³-hybridized carbons (Fsp3) is 0.353. The Bertz CT molecular complexity index is 577. The van der Waals surface area contributed by atoms with Gasteiger partial charge in [-0.15, -0.1) is 0 Å². The van der Waals surface area contributed by atoms with Gasteiger partial charge in [-0.3, -0.25) is 4.99 Å². The van der Waals surface area contributed by atoms with Gasteiger partial charge in [0.25, 0.3) is 0 Å². The lowest BCUT2D eigenvalue weighted by Crippen LogP contribution is -2.32. The van der Waals surface area contributed by atoms with Crippen molar-refractivity contribution in [1.29, 1.82) is 0 Å². The van der Waals surface area contributed by atoms with E-state index in [-0.39, 0.29) is 6.04 Å². The zero-order valence-electron chi connectivity index (χ0n) is 12.1. The number of nitrogens with one attached hydrogen (secondary N) is 1. The Hall–Kier alpha value is -1.83. The molecule has 0 aromatic heterocycles. The van der Waals surface area contributed by atoms with Crippen LogP contribution in [0.5, 0.6) is 0 Å². The minimum absolute atomic E-state index is 0.278. The first-order valence-electron chi connectivity index (χ1n) is 6.90. The van der Waals surface area contributed by atoms with Crippen molar-refractivity contribution in [3.05, 3.63) is 48.0 Å². The Morgan fingerprint density at radius 3 is 2.32 bits per heavy atom. The molecule has 0 aliphatic rings. The van der Waals surface area contributed by atoms with Gasteiger partial charge < -0.3 is 5.32 Å². The molecule has 0 amide bonds. The second-order valence-electron chi connectivity index (χ2n) is 5.40. The molecule has 0 aliphatic heterocycles. The van der Waals surface area contributed by atoms with Crippen LogP contribution < -0.4 is 5.32 Å². The molecule has 0 aliphatic carbocycles. The molecule has 19 heavy (non-hydrogen) atoms. The van der Waals surface area contributed by atoms with Gasteiger partial charge in [-0.2, -0.15) is 0 Å². The molecule has 2 rings (SSSR count). The molecule has 0 unspecified atom stereocenters. The van der Waals surface area contributed by atoms with Gasteiger partial charge in [0.2, 0.25) is 0 Å². The molecule has 1 N–H and O–H groups in total. The zero-order chi connectivity index (χ0) is 13.8. The highest BCUT2D eigenvalue weighted by atomic mass is 15.0. The van der Waals surface area contributed by atoms with E-state index in [9.17, 15) is 0 Å². The summed E-state index contributed by atoms with van der Waals surface area (Å²) in [7, 11) is 0. The van der Waals surface area contributed by atoms with Crippen LogP contribution in [0, 0.1) is 0 Å². The Morgan fingerprint density at radius 2 is 1.63 bits per heavy atom. The fourth-order valence-electron chi connectivity index (χ4n) is 2.15. The average molecular weight is 254 g/mol. The van der Waals surface area contributed by atoms with Gasteiger partial charge in [0, 0.05) is 17.6 Å². The van der Waals surface area contributed by atoms with E-state index in [0.717, 1.165) is 5.84 Å². The number of hydrogen-bond acceptors (Lipinski definition) is 1. The third kappa shape index (κ3) is 3.34. The summed E-state index contributed by atoms with van der Waals surface area (Å²) in [4.78, 5) is 4.74. The van der Waals surface area contributed by atoms with Crippen molar-refractivity contribution < 1.29 is 0 Å². The predicted molar refractivity (Wildman–Crippen MR) is 83.9 cm³/mol. The molecular formula is C17H22N2. The molecule has 0 atom stereocenters. The molecule has 100 valence electrons. The van der Waals surface area contributed by atoms with Crippen LogP contribution in [0.25, 0.3) is 10.8 Å². The molecule has 0 spiro atoms. The largest absolute Gasteiger partial charge is 0.368 e. The summed E-state index contributed by atoms with van der Waals surface area (Å²) < 4.78 is 0. The highest BCUT2D eigenvalue weighted by Gasteiger charge is 2.09. The van der Waals surface area contributed by atoms with Gasteiger partial charge in [-0.1, -0.05) is 42.5 Å². The zero-order valence-corrected chi connectivity index (χ0v) is 12.1. The summed E-state index contributed by atoms with van der Waals surface area (Å²) in [6.07, 6.45) is 0. The van der Waals surface area contributed by atoms with Crippen molar-refractivity contribution in [3.63, 3.8) is 0 Å². The lowest BCUT2D eigenvalue weighted by Gasteiger charge is -2.16. The summed E-state index contributed by atoms with van der Waals surface area (Å²) >= 11 is 0. The highest BCUT2D eigenvalue weighted by Crippen LogP contribution is 2.19. The minimum atomic E-state index is 0.278. The van der Waals surface area contributed by atoms with Crippen LogP contribution in [0.1, 0.15) is 33.3 Å². The van der Waals surface area contributed by atoms with Crippen LogP contribution in [-0.2, 0) is 0 Å². The SMILES string of the molecule is CC(C)N=C(NC(C)C)c1cccc2ccccc12. The topological polar surface area (TPSA) is 24.4 Å². The van der Waals surface area contributed by atoms with E-state index >= 15 is 0 Å². The summed E-state index contributed by atoms with van der Waals surface area (Å²) in [5.74, 6) is 0.988. The van der Waals surface area contributed by atoms with Gasteiger partial charge in [0.15, 0.2) is 0 Å². The standard InChI is InChI=1S/C17H22N2/c1-12(2)18-17(19-13(3)4)16-11-7-9-14-8-5-6-10-15(14)16/h5-13H,1-4H3,(H,18,19). The molecule has 2 heteroatoms. The first-order valence-corrected chi connectivity index (χ1v) is 6.90. The van der Waals surface area contributed by atoms with E-state index in [4.69, 9.17) is 4.99 Å². The molecule has 2 aromatic rings. The van der Waals surface area contributed by atoms with Crippen molar-refractivity contribution in [1.82, 2.24) is 5.32 Å². The number of amidine groups is 1. The van der Waals surface area contributed by atoms with Crippen molar-refractivity contribution in [3.8, 4) is 0 Å². The van der Waals surface area contributed by atoms with Crippen LogP contribution in [0.15, 0.2) is 47.5 Å². The van der Waals surface area contributed by atoms with Crippen LogP contribution in [0.2, 0.25) is 0 Å². The lowest BCUT2D eigenvalue weighted by molar-refractivity contribution is 0.720. The lowest BCUT2D eigenvalue weighted by atomic mass is 10.0. The summed E-state index contributed by atoms with van der Waals surface area (Å²) in [6.45, 7) is 8.49. The van der Waals surface area contributed by atoms with Crippen molar-refractivity contribution in [2.75, 3.05) is 0 Å². The first kappa shape index (κ1) is 13.6. The monoisotopic (exact) mass is 254 g/mol. The number of aliphatic imine (C=N–C) groups is 1. The van der Waals surface area contributed by atoms with Gasteiger partial charge in [0.05, 0.1) is 0 Å². The van der Waals surface area contributed by atoms with Gasteiger partial charge in [0.1, 0.15) is 5.84 Å². The quantitative estimate of drug-likeness (QED) is 0.650. The third-order valence-corrected chi connectivity index (χ3v) is 2.86. The minimum Gasteiger partial charge on any atom is -0.368 e. The second-order valence-corrected chi connectivity index (χ2v) is 5.40. The highest BCUT2D eigenvalue weighted by molar-refractivity contribution is 6.09. The normalized spacial score (nSPS) is 12.4. The number of hydrogen-bond donors (Lipinski definition) is 1. The molecule has 2 nitrogen and oxygen atoms in total. The molecule has 0 saturated heterocycles. The maximum atomic E-state index is 4.74. The fourth-order valence-corrected chi connectivity index (χ4v) is 2.15. The van der Waals surface area contributed by atoms with Gasteiger partial charge >= 0.3 is 0 Å². The van der Waals surface area contributed by atoms with Crippen LogP contribution in [0.3, 0.4) is 0 Å². The maximum absolute atomic E-state index is 4.74. The van der Waals surface area contributed by atoms with Crippen LogP contribution >= 0.6 is 0 Å². The average Bonchev–Trinajstić information content (AvgIpc) is 2.36. The molecular weight excluding hydrogens is 232 g/mol. The van der Waals surface area contributed by atoms with E-state index < -0.39 is 0 Å². The summed E-state index contributed by atoms with van der Waals surface area (Å²) in [5.41, 5.74) is 1.18. The number of fused-ring (bicyclic) bond motifs is 1. The number of nitrogens with zero attached hydrogens (tertiary/aromatic N) is 1. The Kier molecular flexibility index (Phi) is 4.20. The smallest absolute Gasteiger partial charge is 0.129 e. The Morgan fingerprint density at radius 1 is 0.947 bits per heavy atom. The van der Waals surface area contributed by atoms with Gasteiger partial charge in [-0.25, -0.2) is 0 Å².